The van der Waals surface area contributed by atoms with E-state index in [2.05, 4.69) is 15.9 Å². The van der Waals surface area contributed by atoms with Crippen molar-refractivity contribution in [1.82, 2.24) is 0 Å². The van der Waals surface area contributed by atoms with Crippen LogP contribution in [0.4, 0.5) is 18.9 Å². The summed E-state index contributed by atoms with van der Waals surface area (Å²) in [6.07, 6.45) is -4.23. The molecule has 0 spiro atoms. The molecule has 0 amide bonds. The number of benzene rings is 1. The highest BCUT2D eigenvalue weighted by Gasteiger charge is 2.35. The first-order valence-corrected chi connectivity index (χ1v) is 6.57. The summed E-state index contributed by atoms with van der Waals surface area (Å²) in [5.74, 6) is 0. The Morgan fingerprint density at radius 3 is 2.47 bits per heavy atom. The number of rotatable bonds is 4. The van der Waals surface area contributed by atoms with Crippen molar-refractivity contribution in [1.29, 1.82) is 5.26 Å². The molecular formula is C13H14BrF3N2. The third kappa shape index (κ3) is 4.13. The van der Waals surface area contributed by atoms with E-state index in [-0.39, 0.29) is 24.7 Å². The highest BCUT2D eigenvalue weighted by molar-refractivity contribution is 9.10. The van der Waals surface area contributed by atoms with Gasteiger partial charge < -0.3 is 4.90 Å². The number of anilines is 1. The van der Waals surface area contributed by atoms with Crippen LogP contribution in [0.3, 0.4) is 0 Å². The van der Waals surface area contributed by atoms with Crippen molar-refractivity contribution < 1.29 is 13.2 Å². The minimum absolute atomic E-state index is 0.112. The largest absolute Gasteiger partial charge is 0.418 e. The Morgan fingerprint density at radius 2 is 2.00 bits per heavy atom. The lowest BCUT2D eigenvalue weighted by molar-refractivity contribution is -0.137. The number of nitriles is 1. The molecule has 1 rings (SSSR count). The predicted octanol–water partition coefficient (Wildman–Crippen LogP) is 4.60. The minimum atomic E-state index is -4.42. The normalized spacial score (nSPS) is 11.5. The first kappa shape index (κ1) is 15.8. The highest BCUT2D eigenvalue weighted by atomic mass is 79.9. The summed E-state index contributed by atoms with van der Waals surface area (Å²) in [5.41, 5.74) is -0.575. The molecule has 0 aliphatic carbocycles. The molecule has 0 unspecified atom stereocenters. The zero-order valence-corrected chi connectivity index (χ0v) is 12.2. The molecule has 6 heteroatoms. The molecule has 0 aliphatic rings. The molecule has 104 valence electrons. The lowest BCUT2D eigenvalue weighted by Crippen LogP contribution is -2.33. The lowest BCUT2D eigenvalue weighted by Gasteiger charge is -2.30. The van der Waals surface area contributed by atoms with Gasteiger partial charge in [0.2, 0.25) is 0 Å². The molecule has 1 aromatic rings. The Bertz CT molecular complexity index is 478. The Balaban J connectivity index is 3.26. The van der Waals surface area contributed by atoms with Crippen molar-refractivity contribution in [2.45, 2.75) is 32.5 Å². The van der Waals surface area contributed by atoms with E-state index in [1.807, 2.05) is 6.07 Å². The van der Waals surface area contributed by atoms with Crippen molar-refractivity contribution in [3.63, 3.8) is 0 Å². The van der Waals surface area contributed by atoms with Gasteiger partial charge in [0.05, 0.1) is 18.1 Å². The fourth-order valence-corrected chi connectivity index (χ4v) is 2.17. The summed E-state index contributed by atoms with van der Waals surface area (Å²) in [4.78, 5) is 1.60. The molecule has 0 saturated carbocycles. The van der Waals surface area contributed by atoms with E-state index in [4.69, 9.17) is 5.26 Å². The fraction of sp³-hybridized carbons (Fsp3) is 0.462. The van der Waals surface area contributed by atoms with Gasteiger partial charge in [-0.1, -0.05) is 15.9 Å². The standard InChI is InChI=1S/C13H14BrF3N2/c1-9(2)19(7-3-6-18)12-5-4-10(14)8-11(12)13(15,16)17/h4-5,8-9H,3,7H2,1-2H3. The van der Waals surface area contributed by atoms with Gasteiger partial charge in [-0.05, 0) is 32.0 Å². The number of alkyl halides is 3. The van der Waals surface area contributed by atoms with Crippen molar-refractivity contribution in [3.05, 3.63) is 28.2 Å². The van der Waals surface area contributed by atoms with Crippen LogP contribution in [0, 0.1) is 11.3 Å². The first-order chi connectivity index (χ1) is 8.77. The second kappa shape index (κ2) is 6.29. The van der Waals surface area contributed by atoms with Crippen LogP contribution >= 0.6 is 15.9 Å². The van der Waals surface area contributed by atoms with Gasteiger partial charge in [0.15, 0.2) is 0 Å². The van der Waals surface area contributed by atoms with E-state index in [0.717, 1.165) is 6.07 Å². The van der Waals surface area contributed by atoms with Gasteiger partial charge in [0, 0.05) is 22.7 Å². The Kier molecular flexibility index (Phi) is 5.24. The summed E-state index contributed by atoms with van der Waals surface area (Å²) >= 11 is 3.06. The number of halogens is 4. The van der Waals surface area contributed by atoms with Crippen LogP contribution in [0.25, 0.3) is 0 Å². The van der Waals surface area contributed by atoms with Crippen LogP contribution in [-0.4, -0.2) is 12.6 Å². The fourth-order valence-electron chi connectivity index (χ4n) is 1.81. The summed E-state index contributed by atoms with van der Waals surface area (Å²) in [6.45, 7) is 3.89. The quantitative estimate of drug-likeness (QED) is 0.804. The molecule has 0 N–H and O–H groups in total. The molecule has 0 atom stereocenters. The molecule has 0 aliphatic heterocycles. The van der Waals surface area contributed by atoms with Crippen LogP contribution in [0.5, 0.6) is 0 Å². The summed E-state index contributed by atoms with van der Waals surface area (Å²) in [6, 6.07) is 5.92. The van der Waals surface area contributed by atoms with Crippen LogP contribution in [0.2, 0.25) is 0 Å². The van der Waals surface area contributed by atoms with Crippen molar-refractivity contribution >= 4 is 21.6 Å². The zero-order valence-electron chi connectivity index (χ0n) is 10.6. The third-order valence-corrected chi connectivity index (χ3v) is 3.15. The van der Waals surface area contributed by atoms with Crippen LogP contribution < -0.4 is 4.90 Å². The van der Waals surface area contributed by atoms with Crippen molar-refractivity contribution in [3.8, 4) is 6.07 Å². The molecule has 0 aromatic heterocycles. The summed E-state index contributed by atoms with van der Waals surface area (Å²) < 4.78 is 39.6. The van der Waals surface area contributed by atoms with Crippen LogP contribution in [-0.2, 0) is 6.18 Å². The Morgan fingerprint density at radius 1 is 1.37 bits per heavy atom. The molecular weight excluding hydrogens is 321 g/mol. The molecule has 2 nitrogen and oxygen atoms in total. The van der Waals surface area contributed by atoms with Crippen LogP contribution in [0.1, 0.15) is 25.8 Å². The van der Waals surface area contributed by atoms with Gasteiger partial charge in [-0.3, -0.25) is 0 Å². The molecule has 0 radical (unpaired) electrons. The highest BCUT2D eigenvalue weighted by Crippen LogP contribution is 2.38. The average Bonchev–Trinajstić information content (AvgIpc) is 2.29. The number of hydrogen-bond donors (Lipinski definition) is 0. The van der Waals surface area contributed by atoms with Gasteiger partial charge in [-0.25, -0.2) is 0 Å². The Hall–Kier alpha value is -1.22. The summed E-state index contributed by atoms with van der Waals surface area (Å²) in [5, 5.41) is 8.61. The van der Waals surface area contributed by atoms with E-state index >= 15 is 0 Å². The van der Waals surface area contributed by atoms with E-state index in [0.29, 0.717) is 4.47 Å². The zero-order chi connectivity index (χ0) is 14.6. The molecule has 0 heterocycles. The monoisotopic (exact) mass is 334 g/mol. The van der Waals surface area contributed by atoms with Crippen molar-refractivity contribution in [2.24, 2.45) is 0 Å². The third-order valence-electron chi connectivity index (χ3n) is 2.66. The maximum Gasteiger partial charge on any atom is 0.418 e. The van der Waals surface area contributed by atoms with E-state index in [1.165, 1.54) is 6.07 Å². The molecule has 0 saturated heterocycles. The van der Waals surface area contributed by atoms with E-state index in [1.54, 1.807) is 24.8 Å². The van der Waals surface area contributed by atoms with Crippen LogP contribution in [0.15, 0.2) is 22.7 Å². The van der Waals surface area contributed by atoms with E-state index in [9.17, 15) is 13.2 Å². The first-order valence-electron chi connectivity index (χ1n) is 5.77. The smallest absolute Gasteiger partial charge is 0.368 e. The van der Waals surface area contributed by atoms with Gasteiger partial charge in [0.1, 0.15) is 0 Å². The van der Waals surface area contributed by atoms with Gasteiger partial charge in [-0.15, -0.1) is 0 Å². The topological polar surface area (TPSA) is 27.0 Å². The van der Waals surface area contributed by atoms with E-state index < -0.39 is 11.7 Å². The van der Waals surface area contributed by atoms with Gasteiger partial charge >= 0.3 is 6.18 Å². The molecule has 0 bridgehead atoms. The maximum atomic E-state index is 13.1. The van der Waals surface area contributed by atoms with Crippen molar-refractivity contribution in [2.75, 3.05) is 11.4 Å². The second-order valence-corrected chi connectivity index (χ2v) is 5.27. The van der Waals surface area contributed by atoms with Gasteiger partial charge in [-0.2, -0.15) is 18.4 Å². The molecule has 1 aromatic carbocycles. The molecule has 0 fully saturated rings. The number of hydrogen-bond acceptors (Lipinski definition) is 2. The average molecular weight is 335 g/mol. The maximum absolute atomic E-state index is 13.1. The predicted molar refractivity (Wildman–Crippen MR) is 71.9 cm³/mol. The lowest BCUT2D eigenvalue weighted by atomic mass is 10.1. The number of nitrogens with zero attached hydrogens (tertiary/aromatic N) is 2. The minimum Gasteiger partial charge on any atom is -0.368 e. The summed E-state index contributed by atoms with van der Waals surface area (Å²) in [7, 11) is 0. The molecule has 19 heavy (non-hydrogen) atoms. The SMILES string of the molecule is CC(C)N(CCC#N)c1ccc(Br)cc1C(F)(F)F. The Labute approximate surface area is 119 Å². The second-order valence-electron chi connectivity index (χ2n) is 4.35. The van der Waals surface area contributed by atoms with Gasteiger partial charge in [0.25, 0.3) is 0 Å².